The van der Waals surface area contributed by atoms with Gasteiger partial charge in [0.05, 0.1) is 12.0 Å². The van der Waals surface area contributed by atoms with Crippen LogP contribution in [0.15, 0.2) is 67.3 Å². The minimum Gasteiger partial charge on any atom is -0.507 e. The lowest BCUT2D eigenvalue weighted by atomic mass is 10.0. The number of pyridine rings is 1. The number of phenolic OH excluding ortho intramolecular Hbond substituents is 1. The summed E-state index contributed by atoms with van der Waals surface area (Å²) in [4.78, 5) is 8.82. The molecule has 0 atom stereocenters. The summed E-state index contributed by atoms with van der Waals surface area (Å²) < 4.78 is 2.04. The number of halogens is 2. The Bertz CT molecular complexity index is 1170. The number of aromatic nitrogens is 3. The average Bonchev–Trinajstić information content (AvgIpc) is 3.26. The lowest BCUT2D eigenvalue weighted by Gasteiger charge is -2.13. The van der Waals surface area contributed by atoms with Crippen LogP contribution in [0.5, 0.6) is 5.75 Å². The van der Waals surface area contributed by atoms with E-state index in [0.29, 0.717) is 21.3 Å². The van der Waals surface area contributed by atoms with Gasteiger partial charge < -0.3 is 15.0 Å². The number of rotatable bonds is 7. The number of aryl methyl sites for hydroxylation is 2. The highest BCUT2D eigenvalue weighted by Crippen LogP contribution is 2.34. The summed E-state index contributed by atoms with van der Waals surface area (Å²) in [5.41, 5.74) is 4.19. The highest BCUT2D eigenvalue weighted by Gasteiger charge is 2.12. The normalized spacial score (nSPS) is 10.9. The molecule has 0 aliphatic heterocycles. The largest absolute Gasteiger partial charge is 0.507 e. The van der Waals surface area contributed by atoms with Gasteiger partial charge in [0.25, 0.3) is 0 Å². The zero-order chi connectivity index (χ0) is 21.8. The fourth-order valence-electron chi connectivity index (χ4n) is 3.40. The quantitative estimate of drug-likeness (QED) is 0.317. The van der Waals surface area contributed by atoms with Crippen LogP contribution in [0.4, 0.5) is 5.82 Å². The third-order valence-electron chi connectivity index (χ3n) is 4.91. The number of benzene rings is 2. The van der Waals surface area contributed by atoms with Gasteiger partial charge in [-0.3, -0.25) is 0 Å². The van der Waals surface area contributed by atoms with Gasteiger partial charge in [0, 0.05) is 41.1 Å². The Balaban J connectivity index is 1.67. The molecule has 0 aliphatic rings. The van der Waals surface area contributed by atoms with Crippen molar-refractivity contribution in [2.75, 3.05) is 11.9 Å². The van der Waals surface area contributed by atoms with E-state index in [4.69, 9.17) is 28.2 Å². The first-order valence-corrected chi connectivity index (χ1v) is 10.7. The van der Waals surface area contributed by atoms with E-state index in [9.17, 15) is 5.11 Å². The number of hydrogen-bond acceptors (Lipinski definition) is 4. The van der Waals surface area contributed by atoms with Gasteiger partial charge in [-0.2, -0.15) is 0 Å². The van der Waals surface area contributed by atoms with E-state index in [1.807, 2.05) is 54.1 Å². The summed E-state index contributed by atoms with van der Waals surface area (Å²) in [6.07, 6.45) is 6.44. The van der Waals surface area contributed by atoms with Crippen LogP contribution in [0.25, 0.3) is 22.4 Å². The first-order valence-electron chi connectivity index (χ1n) is 9.96. The minimum atomic E-state index is 0.186. The monoisotopic (exact) mass is 452 g/mol. The van der Waals surface area contributed by atoms with E-state index in [0.717, 1.165) is 42.0 Å². The third kappa shape index (κ3) is 5.37. The SMILES string of the molecule is Cc1ccc(O)c(-c2cc(-c3cc(Cl)cc(Cl)c3)cc(NCCCn3ccnc3)n2)c1. The molecule has 0 spiro atoms. The Morgan fingerprint density at radius 2 is 1.77 bits per heavy atom. The van der Waals surface area contributed by atoms with Crippen molar-refractivity contribution in [2.45, 2.75) is 19.9 Å². The first-order chi connectivity index (χ1) is 15.0. The zero-order valence-corrected chi connectivity index (χ0v) is 18.5. The topological polar surface area (TPSA) is 63.0 Å². The molecule has 4 rings (SSSR count). The van der Waals surface area contributed by atoms with Crippen molar-refractivity contribution in [3.63, 3.8) is 0 Å². The predicted molar refractivity (Wildman–Crippen MR) is 127 cm³/mol. The molecule has 0 saturated heterocycles. The second-order valence-electron chi connectivity index (χ2n) is 7.39. The average molecular weight is 453 g/mol. The van der Waals surface area contributed by atoms with E-state index in [1.165, 1.54) is 0 Å². The van der Waals surface area contributed by atoms with Crippen molar-refractivity contribution >= 4 is 29.0 Å². The van der Waals surface area contributed by atoms with Crippen molar-refractivity contribution in [3.8, 4) is 28.1 Å². The van der Waals surface area contributed by atoms with Gasteiger partial charge in [0.1, 0.15) is 11.6 Å². The highest BCUT2D eigenvalue weighted by molar-refractivity contribution is 6.35. The molecule has 0 unspecified atom stereocenters. The maximum atomic E-state index is 10.4. The molecule has 2 heterocycles. The van der Waals surface area contributed by atoms with Gasteiger partial charge in [-0.1, -0.05) is 34.8 Å². The Morgan fingerprint density at radius 3 is 2.52 bits per heavy atom. The highest BCUT2D eigenvalue weighted by atomic mass is 35.5. The smallest absolute Gasteiger partial charge is 0.127 e. The van der Waals surface area contributed by atoms with Crippen LogP contribution in [0, 0.1) is 6.92 Å². The van der Waals surface area contributed by atoms with E-state index < -0.39 is 0 Å². The third-order valence-corrected chi connectivity index (χ3v) is 5.34. The molecule has 158 valence electrons. The first kappa shape index (κ1) is 21.2. The summed E-state index contributed by atoms with van der Waals surface area (Å²) in [5, 5.41) is 15.0. The van der Waals surface area contributed by atoms with Crippen molar-refractivity contribution in [3.05, 3.63) is 82.9 Å². The van der Waals surface area contributed by atoms with Crippen LogP contribution in [-0.4, -0.2) is 26.2 Å². The van der Waals surface area contributed by atoms with Gasteiger partial charge >= 0.3 is 0 Å². The fraction of sp³-hybridized carbons (Fsp3) is 0.167. The van der Waals surface area contributed by atoms with Gasteiger partial charge in [-0.15, -0.1) is 0 Å². The molecule has 0 fully saturated rings. The molecule has 2 aromatic heterocycles. The molecule has 0 saturated carbocycles. The van der Waals surface area contributed by atoms with Crippen molar-refractivity contribution in [1.82, 2.24) is 14.5 Å². The number of hydrogen-bond donors (Lipinski definition) is 2. The van der Waals surface area contributed by atoms with Crippen LogP contribution in [-0.2, 0) is 6.54 Å². The van der Waals surface area contributed by atoms with Gasteiger partial charge in [-0.25, -0.2) is 9.97 Å². The van der Waals surface area contributed by atoms with Gasteiger partial charge in [-0.05, 0) is 66.9 Å². The molecule has 31 heavy (non-hydrogen) atoms. The molecule has 7 heteroatoms. The summed E-state index contributed by atoms with van der Waals surface area (Å²) in [6, 6.07) is 14.8. The molecule has 4 aromatic rings. The van der Waals surface area contributed by atoms with Crippen LogP contribution in [0.2, 0.25) is 10.0 Å². The molecule has 0 aliphatic carbocycles. The number of anilines is 1. The molecule has 2 aromatic carbocycles. The predicted octanol–water partition coefficient (Wildman–Crippen LogP) is 6.44. The number of phenols is 1. The van der Waals surface area contributed by atoms with Gasteiger partial charge in [0.15, 0.2) is 0 Å². The number of nitrogens with one attached hydrogen (secondary N) is 1. The summed E-state index contributed by atoms with van der Waals surface area (Å²) in [6.45, 7) is 3.59. The standard InChI is InChI=1S/C24H22Cl2N4O/c1-16-3-4-23(31)21(9-16)22-12-18(17-10-19(25)14-20(26)11-17)13-24(29-22)28-5-2-7-30-8-6-27-15-30/h3-4,6,8-15,31H,2,5,7H2,1H3,(H,28,29). The summed E-state index contributed by atoms with van der Waals surface area (Å²) in [7, 11) is 0. The number of aromatic hydroxyl groups is 1. The van der Waals surface area contributed by atoms with Crippen LogP contribution >= 0.6 is 23.2 Å². The second kappa shape index (κ2) is 9.41. The Labute approximate surface area is 191 Å². The van der Waals surface area contributed by atoms with Gasteiger partial charge in [0.2, 0.25) is 0 Å². The minimum absolute atomic E-state index is 0.186. The molecule has 0 amide bonds. The Morgan fingerprint density at radius 1 is 1.00 bits per heavy atom. The lowest BCUT2D eigenvalue weighted by molar-refractivity contribution is 0.477. The van der Waals surface area contributed by atoms with Crippen LogP contribution < -0.4 is 5.32 Å². The van der Waals surface area contributed by atoms with Crippen molar-refractivity contribution in [1.29, 1.82) is 0 Å². The Hall–Kier alpha value is -3.02. The second-order valence-corrected chi connectivity index (χ2v) is 8.26. The van der Waals surface area contributed by atoms with Crippen molar-refractivity contribution in [2.24, 2.45) is 0 Å². The number of nitrogens with zero attached hydrogens (tertiary/aromatic N) is 3. The maximum absolute atomic E-state index is 10.4. The van der Waals surface area contributed by atoms with Crippen LogP contribution in [0.3, 0.4) is 0 Å². The molecule has 0 bridgehead atoms. The fourth-order valence-corrected chi connectivity index (χ4v) is 3.92. The molecule has 5 nitrogen and oxygen atoms in total. The number of imidazole rings is 1. The van der Waals surface area contributed by atoms with Crippen LogP contribution in [0.1, 0.15) is 12.0 Å². The van der Waals surface area contributed by atoms with E-state index in [-0.39, 0.29) is 5.75 Å². The molecular weight excluding hydrogens is 431 g/mol. The van der Waals surface area contributed by atoms with E-state index >= 15 is 0 Å². The van der Waals surface area contributed by atoms with Crippen molar-refractivity contribution < 1.29 is 5.11 Å². The lowest BCUT2D eigenvalue weighted by Crippen LogP contribution is -2.07. The Kier molecular flexibility index (Phi) is 6.44. The zero-order valence-electron chi connectivity index (χ0n) is 17.0. The summed E-state index contributed by atoms with van der Waals surface area (Å²) in [5.74, 6) is 0.903. The summed E-state index contributed by atoms with van der Waals surface area (Å²) >= 11 is 12.5. The molecular formula is C24H22Cl2N4O. The molecule has 2 N–H and O–H groups in total. The molecule has 0 radical (unpaired) electrons. The maximum Gasteiger partial charge on any atom is 0.127 e. The van der Waals surface area contributed by atoms with E-state index in [1.54, 1.807) is 24.7 Å². The van der Waals surface area contributed by atoms with E-state index in [2.05, 4.69) is 10.3 Å².